The minimum Gasteiger partial charge on any atom is -0.351 e. The van der Waals surface area contributed by atoms with E-state index in [0.29, 0.717) is 0 Å². The van der Waals surface area contributed by atoms with Crippen LogP contribution in [0.1, 0.15) is 19.3 Å². The number of urea groups is 1. The van der Waals surface area contributed by atoms with E-state index < -0.39 is 6.03 Å². The molecule has 3 N–H and O–H groups in total. The molecule has 0 heterocycles. The molecule has 0 fully saturated rings. The summed E-state index contributed by atoms with van der Waals surface area (Å²) in [5.74, 6) is 0. The van der Waals surface area contributed by atoms with Gasteiger partial charge >= 0.3 is 6.03 Å². The van der Waals surface area contributed by atoms with Gasteiger partial charge in [0.2, 0.25) is 0 Å². The van der Waals surface area contributed by atoms with Crippen molar-refractivity contribution in [3.05, 3.63) is 11.8 Å². The number of rotatable bonds is 1. The van der Waals surface area contributed by atoms with E-state index in [1.165, 1.54) is 0 Å². The summed E-state index contributed by atoms with van der Waals surface area (Å²) in [5, 5.41) is 2.54. The fraction of sp³-hybridized carbons (Fsp3) is 0.500. The summed E-state index contributed by atoms with van der Waals surface area (Å²) in [6.07, 6.45) is 5.17. The van der Waals surface area contributed by atoms with E-state index in [1.807, 2.05) is 6.08 Å². The number of nitrogens with two attached hydrogens (primary N) is 1. The van der Waals surface area contributed by atoms with Gasteiger partial charge in [0.25, 0.3) is 0 Å². The van der Waals surface area contributed by atoms with Crippen molar-refractivity contribution in [2.24, 2.45) is 5.73 Å². The molecular weight excluding hydrogens is 116 g/mol. The van der Waals surface area contributed by atoms with Crippen LogP contribution in [0.2, 0.25) is 0 Å². The molecule has 0 aromatic heterocycles. The van der Waals surface area contributed by atoms with Crippen LogP contribution in [0.4, 0.5) is 4.79 Å². The third-order valence-electron chi connectivity index (χ3n) is 1.32. The van der Waals surface area contributed by atoms with Gasteiger partial charge in [0.1, 0.15) is 0 Å². The topological polar surface area (TPSA) is 55.1 Å². The lowest BCUT2D eigenvalue weighted by Gasteiger charge is -1.98. The van der Waals surface area contributed by atoms with Crippen LogP contribution in [0.25, 0.3) is 0 Å². The van der Waals surface area contributed by atoms with Gasteiger partial charge in [-0.15, -0.1) is 0 Å². The maximum Gasteiger partial charge on any atom is 0.316 e. The van der Waals surface area contributed by atoms with Gasteiger partial charge in [-0.2, -0.15) is 0 Å². The highest BCUT2D eigenvalue weighted by Gasteiger charge is 2.04. The van der Waals surface area contributed by atoms with Crippen molar-refractivity contribution in [2.75, 3.05) is 0 Å². The summed E-state index contributed by atoms with van der Waals surface area (Å²) in [7, 11) is 0. The van der Waals surface area contributed by atoms with E-state index in [1.54, 1.807) is 0 Å². The molecular formula is C6H10N2O. The predicted octanol–water partition coefficient (Wildman–Crippen LogP) is 0.723. The van der Waals surface area contributed by atoms with Crippen LogP contribution in [0.5, 0.6) is 0 Å². The van der Waals surface area contributed by atoms with Crippen molar-refractivity contribution >= 4 is 6.03 Å². The average molecular weight is 126 g/mol. The first-order chi connectivity index (χ1) is 4.29. The molecule has 0 bridgehead atoms. The number of primary amides is 1. The minimum atomic E-state index is -0.455. The van der Waals surface area contributed by atoms with Gasteiger partial charge in [-0.3, -0.25) is 0 Å². The third-order valence-corrected chi connectivity index (χ3v) is 1.32. The predicted molar refractivity (Wildman–Crippen MR) is 34.7 cm³/mol. The zero-order valence-electron chi connectivity index (χ0n) is 5.18. The second kappa shape index (κ2) is 2.53. The molecule has 0 aliphatic heterocycles. The van der Waals surface area contributed by atoms with Gasteiger partial charge in [0.05, 0.1) is 0 Å². The molecule has 50 valence electrons. The second-order valence-electron chi connectivity index (χ2n) is 2.11. The Morgan fingerprint density at radius 1 is 1.78 bits per heavy atom. The van der Waals surface area contributed by atoms with Crippen molar-refractivity contribution in [2.45, 2.75) is 19.3 Å². The van der Waals surface area contributed by atoms with E-state index in [4.69, 9.17) is 5.73 Å². The number of carbonyl (C=O) groups is 1. The minimum absolute atomic E-state index is 0.455. The first-order valence-electron chi connectivity index (χ1n) is 3.04. The lowest BCUT2D eigenvalue weighted by atomic mass is 10.3. The Bertz CT molecular complexity index is 151. The van der Waals surface area contributed by atoms with Crippen molar-refractivity contribution < 1.29 is 4.79 Å². The summed E-state index contributed by atoms with van der Waals surface area (Å²) in [6.45, 7) is 0. The number of hydrogen-bond acceptors (Lipinski definition) is 1. The van der Waals surface area contributed by atoms with Crippen LogP contribution in [0, 0.1) is 0 Å². The van der Waals surface area contributed by atoms with E-state index in [-0.39, 0.29) is 0 Å². The van der Waals surface area contributed by atoms with Crippen LogP contribution in [0.15, 0.2) is 11.8 Å². The van der Waals surface area contributed by atoms with Gasteiger partial charge in [0.15, 0.2) is 0 Å². The Labute approximate surface area is 53.9 Å². The number of carbonyl (C=O) groups excluding carboxylic acids is 1. The Morgan fingerprint density at radius 2 is 2.56 bits per heavy atom. The maximum atomic E-state index is 10.2. The van der Waals surface area contributed by atoms with Gasteiger partial charge in [-0.25, -0.2) is 4.79 Å². The second-order valence-corrected chi connectivity index (χ2v) is 2.11. The average Bonchev–Trinajstić information content (AvgIpc) is 2.15. The fourth-order valence-electron chi connectivity index (χ4n) is 0.943. The molecule has 2 amide bonds. The molecule has 1 aliphatic carbocycles. The fourth-order valence-corrected chi connectivity index (χ4v) is 0.943. The largest absolute Gasteiger partial charge is 0.351 e. The molecule has 0 radical (unpaired) electrons. The molecule has 1 rings (SSSR count). The maximum absolute atomic E-state index is 10.2. The summed E-state index contributed by atoms with van der Waals surface area (Å²) in [5.41, 5.74) is 5.86. The summed E-state index contributed by atoms with van der Waals surface area (Å²) in [4.78, 5) is 10.2. The van der Waals surface area contributed by atoms with Gasteiger partial charge in [0, 0.05) is 5.70 Å². The monoisotopic (exact) mass is 126 g/mol. The molecule has 0 aromatic carbocycles. The van der Waals surface area contributed by atoms with Crippen molar-refractivity contribution in [1.82, 2.24) is 5.32 Å². The van der Waals surface area contributed by atoms with Crippen LogP contribution in [-0.2, 0) is 0 Å². The third kappa shape index (κ3) is 1.76. The number of amides is 2. The Balaban J connectivity index is 2.35. The SMILES string of the molecule is NC(=O)NC1=CCCC1. The van der Waals surface area contributed by atoms with Crippen molar-refractivity contribution in [3.8, 4) is 0 Å². The lowest BCUT2D eigenvalue weighted by molar-refractivity contribution is 0.251. The summed E-state index contributed by atoms with van der Waals surface area (Å²) >= 11 is 0. The normalized spacial score (nSPS) is 17.1. The van der Waals surface area contributed by atoms with Gasteiger partial charge < -0.3 is 11.1 Å². The van der Waals surface area contributed by atoms with Crippen LogP contribution >= 0.6 is 0 Å². The first kappa shape index (κ1) is 6.13. The highest BCUT2D eigenvalue weighted by Crippen LogP contribution is 2.13. The van der Waals surface area contributed by atoms with Crippen molar-refractivity contribution in [1.29, 1.82) is 0 Å². The number of allylic oxidation sites excluding steroid dienone is 2. The van der Waals surface area contributed by atoms with Crippen LogP contribution in [0.3, 0.4) is 0 Å². The summed E-state index contributed by atoms with van der Waals surface area (Å²) < 4.78 is 0. The highest BCUT2D eigenvalue weighted by atomic mass is 16.2. The number of hydrogen-bond donors (Lipinski definition) is 2. The Kier molecular flexibility index (Phi) is 1.72. The van der Waals surface area contributed by atoms with Crippen LogP contribution < -0.4 is 11.1 Å². The quantitative estimate of drug-likeness (QED) is 0.534. The zero-order valence-corrected chi connectivity index (χ0v) is 5.18. The smallest absolute Gasteiger partial charge is 0.316 e. The van der Waals surface area contributed by atoms with Gasteiger partial charge in [-0.1, -0.05) is 6.08 Å². The van der Waals surface area contributed by atoms with Gasteiger partial charge in [-0.05, 0) is 19.3 Å². The standard InChI is InChI=1S/C6H10N2O/c7-6(9)8-5-3-1-2-4-5/h3H,1-2,4H2,(H3,7,8,9). The Morgan fingerprint density at radius 3 is 3.00 bits per heavy atom. The van der Waals surface area contributed by atoms with Crippen LogP contribution in [-0.4, -0.2) is 6.03 Å². The molecule has 9 heavy (non-hydrogen) atoms. The molecule has 0 atom stereocenters. The van der Waals surface area contributed by atoms with E-state index in [2.05, 4.69) is 5.32 Å². The zero-order chi connectivity index (χ0) is 6.69. The molecule has 3 heteroatoms. The Hall–Kier alpha value is -0.990. The lowest BCUT2D eigenvalue weighted by Crippen LogP contribution is -2.27. The molecule has 0 spiro atoms. The molecule has 0 saturated heterocycles. The van der Waals surface area contributed by atoms with E-state index in [0.717, 1.165) is 25.0 Å². The molecule has 0 unspecified atom stereocenters. The molecule has 1 aliphatic rings. The highest BCUT2D eigenvalue weighted by molar-refractivity contribution is 5.73. The van der Waals surface area contributed by atoms with E-state index >= 15 is 0 Å². The molecule has 0 aromatic rings. The molecule has 3 nitrogen and oxygen atoms in total. The van der Waals surface area contributed by atoms with Crippen molar-refractivity contribution in [3.63, 3.8) is 0 Å². The molecule has 0 saturated carbocycles. The summed E-state index contributed by atoms with van der Waals surface area (Å²) in [6, 6.07) is -0.455. The van der Waals surface area contributed by atoms with E-state index in [9.17, 15) is 4.79 Å². The number of nitrogens with one attached hydrogen (secondary N) is 1. The first-order valence-corrected chi connectivity index (χ1v) is 3.04.